The van der Waals surface area contributed by atoms with Gasteiger partial charge in [-0.3, -0.25) is 9.59 Å². The van der Waals surface area contributed by atoms with Gasteiger partial charge in [0.25, 0.3) is 11.8 Å². The van der Waals surface area contributed by atoms with Gasteiger partial charge in [0.1, 0.15) is 11.6 Å². The Balaban J connectivity index is 1.28. The highest BCUT2D eigenvalue weighted by molar-refractivity contribution is 6.40. The van der Waals surface area contributed by atoms with Crippen LogP contribution in [0.15, 0.2) is 45.8 Å². The van der Waals surface area contributed by atoms with E-state index in [4.69, 9.17) is 32.9 Å². The largest absolute Gasteiger partial charge is 0.480 e. The molecule has 15 heteroatoms. The molecule has 0 unspecified atom stereocenters. The van der Waals surface area contributed by atoms with Crippen LogP contribution in [-0.2, 0) is 17.8 Å². The number of nitrogens with one attached hydrogen (secondary N) is 2. The number of guanidine groups is 1. The van der Waals surface area contributed by atoms with Gasteiger partial charge in [-0.05, 0) is 35.7 Å². The van der Waals surface area contributed by atoms with Crippen LogP contribution in [0, 0.1) is 11.5 Å². The van der Waals surface area contributed by atoms with Gasteiger partial charge >= 0.3 is 5.97 Å². The molecule has 1 fully saturated rings. The molecule has 5 rings (SSSR count). The molecule has 3 heterocycles. The highest BCUT2D eigenvalue weighted by atomic mass is 35.5. The van der Waals surface area contributed by atoms with Crippen LogP contribution in [0.1, 0.15) is 38.5 Å². The number of β-amino-alcohol motifs (C(OH)–C–C–N with tert-alkyl or cyclic N) is 2. The Bertz CT molecular complexity index is 1640. The lowest BCUT2D eigenvalue weighted by molar-refractivity contribution is -0.139. The number of benzene rings is 2. The number of likely N-dealkylation sites (tertiary alicyclic amines) is 1. The first-order chi connectivity index (χ1) is 21.0. The van der Waals surface area contributed by atoms with Gasteiger partial charge in [0.2, 0.25) is 12.2 Å². The molecule has 1 saturated heterocycles. The fourth-order valence-electron chi connectivity index (χ4n) is 5.39. The predicted molar refractivity (Wildman–Crippen MR) is 159 cm³/mol. The summed E-state index contributed by atoms with van der Waals surface area (Å²) >= 11 is 13.1. The maximum Gasteiger partial charge on any atom is 0.328 e. The second-order valence-electron chi connectivity index (χ2n) is 10.5. The second-order valence-corrected chi connectivity index (χ2v) is 11.3. The van der Waals surface area contributed by atoms with E-state index in [0.717, 1.165) is 5.39 Å². The number of amides is 2. The van der Waals surface area contributed by atoms with Crippen molar-refractivity contribution in [3.05, 3.63) is 68.9 Å². The zero-order valence-corrected chi connectivity index (χ0v) is 24.7. The van der Waals surface area contributed by atoms with E-state index in [-0.39, 0.29) is 65.8 Å². The van der Waals surface area contributed by atoms with Gasteiger partial charge in [-0.15, -0.1) is 4.99 Å². The molecule has 3 atom stereocenters. The van der Waals surface area contributed by atoms with Crippen LogP contribution in [-0.4, -0.2) is 93.3 Å². The lowest BCUT2D eigenvalue weighted by atomic mass is 9.96. The van der Waals surface area contributed by atoms with Gasteiger partial charge < -0.3 is 40.2 Å². The van der Waals surface area contributed by atoms with E-state index in [1.165, 1.54) is 11.0 Å². The van der Waals surface area contributed by atoms with Crippen molar-refractivity contribution in [3.63, 3.8) is 0 Å². The van der Waals surface area contributed by atoms with E-state index in [2.05, 4.69) is 15.6 Å². The van der Waals surface area contributed by atoms with Crippen molar-refractivity contribution in [3.8, 4) is 6.19 Å². The second kappa shape index (κ2) is 13.1. The zero-order chi connectivity index (χ0) is 31.5. The summed E-state index contributed by atoms with van der Waals surface area (Å²) in [6.07, 6.45) is 0.338. The number of carboxylic acid groups (broad SMARTS) is 1. The average molecular weight is 643 g/mol. The minimum Gasteiger partial charge on any atom is -0.480 e. The molecule has 1 aromatic heterocycles. The van der Waals surface area contributed by atoms with Crippen LogP contribution in [0.25, 0.3) is 11.0 Å². The number of furan rings is 1. The summed E-state index contributed by atoms with van der Waals surface area (Å²) in [4.78, 5) is 45.1. The standard InChI is InChI=1S/C29H28Cl2N6O7/c30-20-7-16-11-36(27(41)23-8-15-3-1-2-4-22(15)44-23)6-5-19(16)25(31)24(20)26(40)35-21(28(42)43)10-33-29(34-14-32)37-12-17(38)9-18(39)13-37/h1-4,7-8,17-18,21,38-39H,5-6,9-13H2,(H,33,34)(H,35,40)(H,42,43)/t17-,18+,21-/m0/s1. The summed E-state index contributed by atoms with van der Waals surface area (Å²) in [5.41, 5.74) is 1.75. The smallest absolute Gasteiger partial charge is 0.328 e. The van der Waals surface area contributed by atoms with Crippen LogP contribution in [0.5, 0.6) is 0 Å². The first kappa shape index (κ1) is 31.1. The third kappa shape index (κ3) is 6.58. The molecule has 0 aliphatic carbocycles. The van der Waals surface area contributed by atoms with Gasteiger partial charge in [0.15, 0.2) is 5.76 Å². The number of aliphatic hydroxyl groups is 2. The molecule has 3 aromatic rings. The van der Waals surface area contributed by atoms with Gasteiger partial charge in [-0.2, -0.15) is 5.26 Å². The molecule has 0 bridgehead atoms. The Labute approximate surface area is 261 Å². The first-order valence-electron chi connectivity index (χ1n) is 13.7. The number of piperidine rings is 1. The Hall–Kier alpha value is -4.35. The first-order valence-corrected chi connectivity index (χ1v) is 14.4. The van der Waals surface area contributed by atoms with Gasteiger partial charge in [0, 0.05) is 44.5 Å². The number of para-hydroxylation sites is 1. The number of rotatable bonds is 6. The Morgan fingerprint density at radius 1 is 1.14 bits per heavy atom. The molecule has 0 spiro atoms. The van der Waals surface area contributed by atoms with Crippen LogP contribution in [0.2, 0.25) is 10.0 Å². The number of nitrogens with zero attached hydrogens (tertiary/aromatic N) is 4. The Kier molecular flexibility index (Phi) is 9.26. The van der Waals surface area contributed by atoms with E-state index < -0.39 is 30.1 Å². The molecule has 13 nitrogen and oxygen atoms in total. The summed E-state index contributed by atoms with van der Waals surface area (Å²) < 4.78 is 5.72. The third-order valence-electron chi connectivity index (χ3n) is 7.48. The fourth-order valence-corrected chi connectivity index (χ4v) is 6.15. The average Bonchev–Trinajstić information content (AvgIpc) is 3.41. The van der Waals surface area contributed by atoms with Gasteiger partial charge in [0.05, 0.1) is 27.8 Å². The topological polar surface area (TPSA) is 192 Å². The van der Waals surface area contributed by atoms with Crippen molar-refractivity contribution in [1.82, 2.24) is 20.4 Å². The monoisotopic (exact) mass is 642 g/mol. The summed E-state index contributed by atoms with van der Waals surface area (Å²) in [6.45, 7) is 0.221. The number of hydrogen-bond donors (Lipinski definition) is 5. The Morgan fingerprint density at radius 3 is 2.55 bits per heavy atom. The summed E-state index contributed by atoms with van der Waals surface area (Å²) in [6, 6.07) is 9.02. The maximum atomic E-state index is 13.3. The number of halogens is 2. The molecule has 2 aromatic carbocycles. The molecule has 230 valence electrons. The van der Waals surface area contributed by atoms with Crippen molar-refractivity contribution in [1.29, 1.82) is 5.26 Å². The highest BCUT2D eigenvalue weighted by Crippen LogP contribution is 2.35. The van der Waals surface area contributed by atoms with Crippen LogP contribution in [0.3, 0.4) is 0 Å². The molecular formula is C29H28Cl2N6O7. The number of fused-ring (bicyclic) bond motifs is 2. The lowest BCUT2D eigenvalue weighted by Crippen LogP contribution is -2.55. The van der Waals surface area contributed by atoms with Gasteiger partial charge in [-0.1, -0.05) is 41.4 Å². The maximum absolute atomic E-state index is 13.3. The highest BCUT2D eigenvalue weighted by Gasteiger charge is 2.32. The van der Waals surface area contributed by atoms with Crippen LogP contribution >= 0.6 is 23.2 Å². The SMILES string of the molecule is N#C/N=C(/NC[C@H](NC(=O)c1c(Cl)cc2c(c1Cl)CCN(C(=O)c1cc3ccccc3o1)C2)C(=O)O)N1C[C@H](O)C[C@H](O)C1. The van der Waals surface area contributed by atoms with E-state index >= 15 is 0 Å². The summed E-state index contributed by atoms with van der Waals surface area (Å²) in [7, 11) is 0. The van der Waals surface area contributed by atoms with Crippen molar-refractivity contribution < 1.29 is 34.1 Å². The molecule has 44 heavy (non-hydrogen) atoms. The lowest BCUT2D eigenvalue weighted by Gasteiger charge is -2.35. The molecule has 2 aliphatic rings. The third-order valence-corrected chi connectivity index (χ3v) is 8.20. The number of carboxylic acids is 1. The minimum absolute atomic E-state index is 0.0237. The predicted octanol–water partition coefficient (Wildman–Crippen LogP) is 1.98. The van der Waals surface area contributed by atoms with E-state index in [1.54, 1.807) is 23.2 Å². The normalized spacial score (nSPS) is 19.2. The van der Waals surface area contributed by atoms with Crippen LogP contribution < -0.4 is 10.6 Å². The number of aliphatic imine (C=N–C) groups is 1. The number of nitriles is 1. The zero-order valence-electron chi connectivity index (χ0n) is 23.2. The van der Waals surface area contributed by atoms with E-state index in [0.29, 0.717) is 29.7 Å². The molecule has 0 saturated carbocycles. The number of carbonyl (C=O) groups is 3. The molecular weight excluding hydrogens is 615 g/mol. The Morgan fingerprint density at radius 2 is 1.86 bits per heavy atom. The fraction of sp³-hybridized carbons (Fsp3) is 0.345. The summed E-state index contributed by atoms with van der Waals surface area (Å²) in [5, 5.41) is 44.8. The number of aliphatic carboxylic acids is 1. The van der Waals surface area contributed by atoms with E-state index in [1.807, 2.05) is 18.2 Å². The van der Waals surface area contributed by atoms with Crippen molar-refractivity contribution in [2.45, 2.75) is 37.6 Å². The van der Waals surface area contributed by atoms with Gasteiger partial charge in [-0.25, -0.2) is 4.79 Å². The molecule has 0 radical (unpaired) electrons. The minimum atomic E-state index is -1.49. The van der Waals surface area contributed by atoms with Crippen LogP contribution in [0.4, 0.5) is 0 Å². The van der Waals surface area contributed by atoms with Crippen molar-refractivity contribution in [2.24, 2.45) is 4.99 Å². The van der Waals surface area contributed by atoms with Crippen molar-refractivity contribution in [2.75, 3.05) is 26.2 Å². The van der Waals surface area contributed by atoms with E-state index in [9.17, 15) is 29.7 Å². The number of carbonyl (C=O) groups excluding carboxylic acids is 2. The van der Waals surface area contributed by atoms with Crippen molar-refractivity contribution >= 4 is 57.9 Å². The quantitative estimate of drug-likeness (QED) is 0.151. The number of aliphatic hydroxyl groups excluding tert-OH is 2. The molecule has 5 N–H and O–H groups in total. The molecule has 2 aliphatic heterocycles. The number of hydrogen-bond acceptors (Lipinski definition) is 8. The molecule has 2 amide bonds. The summed E-state index contributed by atoms with van der Waals surface area (Å²) in [5.74, 6) is -2.37.